The van der Waals surface area contributed by atoms with Gasteiger partial charge in [0.05, 0.1) is 12.2 Å². The Kier molecular flexibility index (Phi) is 4.47. The number of fused-ring (bicyclic) bond motifs is 1. The van der Waals surface area contributed by atoms with Gasteiger partial charge in [0, 0.05) is 19.5 Å². The summed E-state index contributed by atoms with van der Waals surface area (Å²) in [6.07, 6.45) is 1.07. The molecule has 0 saturated carbocycles. The maximum atomic E-state index is 12.6. The van der Waals surface area contributed by atoms with Crippen LogP contribution in [0.2, 0.25) is 0 Å². The normalized spacial score (nSPS) is 17.3. The zero-order valence-electron chi connectivity index (χ0n) is 15.7. The minimum absolute atomic E-state index is 0.0562. The van der Waals surface area contributed by atoms with Gasteiger partial charge in [0.15, 0.2) is 11.4 Å². The summed E-state index contributed by atoms with van der Waals surface area (Å²) in [6.45, 7) is 2.45. The van der Waals surface area contributed by atoms with Gasteiger partial charge in [-0.15, -0.1) is 0 Å². The van der Waals surface area contributed by atoms with Crippen LogP contribution in [-0.2, 0) is 0 Å². The number of carbonyl (C=O) groups excluding carboxylic acids is 1. The highest BCUT2D eigenvalue weighted by Crippen LogP contribution is 2.38. The van der Waals surface area contributed by atoms with Crippen molar-refractivity contribution in [1.82, 2.24) is 14.7 Å². The van der Waals surface area contributed by atoms with E-state index < -0.39 is 17.1 Å². The van der Waals surface area contributed by atoms with Crippen molar-refractivity contribution in [3.63, 3.8) is 0 Å². The quantitative estimate of drug-likeness (QED) is 0.764. The van der Waals surface area contributed by atoms with E-state index in [1.165, 1.54) is 9.58 Å². The number of aromatic nitrogens is 2. The van der Waals surface area contributed by atoms with Gasteiger partial charge < -0.3 is 10.0 Å². The van der Waals surface area contributed by atoms with Gasteiger partial charge in [-0.3, -0.25) is 14.3 Å². The predicted octanol–water partition coefficient (Wildman–Crippen LogP) is 2.72. The molecule has 3 aromatic rings. The molecule has 0 aliphatic carbocycles. The topological polar surface area (TPSA) is 75.4 Å². The third-order valence-corrected chi connectivity index (χ3v) is 5.29. The molecule has 6 nitrogen and oxygen atoms in total. The van der Waals surface area contributed by atoms with Crippen LogP contribution in [0.4, 0.5) is 0 Å². The highest BCUT2D eigenvalue weighted by molar-refractivity contribution is 5.95. The lowest BCUT2D eigenvalue weighted by Crippen LogP contribution is -2.45. The van der Waals surface area contributed by atoms with E-state index in [9.17, 15) is 14.7 Å². The van der Waals surface area contributed by atoms with Gasteiger partial charge in [-0.1, -0.05) is 60.2 Å². The van der Waals surface area contributed by atoms with E-state index in [0.717, 1.165) is 22.9 Å². The molecule has 0 fully saturated rings. The Morgan fingerprint density at radius 2 is 1.68 bits per heavy atom. The van der Waals surface area contributed by atoms with Gasteiger partial charge in [-0.25, -0.2) is 0 Å². The molecule has 1 N–H and O–H groups in total. The molecule has 0 bridgehead atoms. The number of aryl methyl sites for hydroxylation is 1. The molecular formula is C22H21N3O3. The maximum Gasteiger partial charge on any atom is 0.275 e. The van der Waals surface area contributed by atoms with E-state index in [0.29, 0.717) is 6.54 Å². The van der Waals surface area contributed by atoms with E-state index in [-0.39, 0.29) is 17.7 Å². The Labute approximate surface area is 162 Å². The molecule has 4 rings (SSSR count). The SMILES string of the molecule is Cc1ccc(C(c2ccccc2)C2CN(C)C(=O)c3c(O)c(=O)cnn32)cc1. The van der Waals surface area contributed by atoms with Gasteiger partial charge in [0.25, 0.3) is 5.91 Å². The van der Waals surface area contributed by atoms with Crippen LogP contribution >= 0.6 is 0 Å². The third-order valence-electron chi connectivity index (χ3n) is 5.29. The van der Waals surface area contributed by atoms with Crippen LogP contribution in [0, 0.1) is 6.92 Å². The Bertz CT molecular complexity index is 1070. The molecule has 6 heteroatoms. The fourth-order valence-electron chi connectivity index (χ4n) is 3.85. The van der Waals surface area contributed by atoms with Crippen LogP contribution in [0.15, 0.2) is 65.6 Å². The number of nitrogens with zero attached hydrogens (tertiary/aromatic N) is 3. The standard InChI is InChI=1S/C22H21N3O3/c1-14-8-10-16(11-9-14)19(15-6-4-3-5-7-15)17-13-24(2)22(28)20-21(27)18(26)12-23-25(17)20/h3-12,17,19,27H,13H2,1-2H3. The van der Waals surface area contributed by atoms with Crippen LogP contribution in [0.25, 0.3) is 0 Å². The van der Waals surface area contributed by atoms with E-state index in [1.807, 2.05) is 37.3 Å². The molecule has 0 spiro atoms. The summed E-state index contributed by atoms with van der Waals surface area (Å²) in [4.78, 5) is 26.1. The Balaban J connectivity index is 1.94. The Hall–Kier alpha value is -3.41. The number of amides is 1. The first-order chi connectivity index (χ1) is 13.5. The first kappa shape index (κ1) is 18.0. The largest absolute Gasteiger partial charge is 0.502 e. The van der Waals surface area contributed by atoms with Gasteiger partial charge in [0.2, 0.25) is 5.43 Å². The number of rotatable bonds is 3. The van der Waals surface area contributed by atoms with Crippen LogP contribution in [0.3, 0.4) is 0 Å². The molecule has 2 atom stereocenters. The zero-order chi connectivity index (χ0) is 19.8. The number of hydrogen-bond acceptors (Lipinski definition) is 4. The fourth-order valence-corrected chi connectivity index (χ4v) is 3.85. The molecule has 1 aromatic heterocycles. The molecule has 0 saturated heterocycles. The van der Waals surface area contributed by atoms with Crippen LogP contribution in [-0.4, -0.2) is 39.3 Å². The smallest absolute Gasteiger partial charge is 0.275 e. The van der Waals surface area contributed by atoms with E-state index in [2.05, 4.69) is 29.4 Å². The summed E-state index contributed by atoms with van der Waals surface area (Å²) in [6, 6.07) is 18.0. The lowest BCUT2D eigenvalue weighted by Gasteiger charge is -2.37. The van der Waals surface area contributed by atoms with Crippen molar-refractivity contribution in [2.24, 2.45) is 0 Å². The van der Waals surface area contributed by atoms with Crippen molar-refractivity contribution >= 4 is 5.91 Å². The molecule has 1 aliphatic rings. The molecule has 1 amide bonds. The second kappa shape index (κ2) is 6.96. The van der Waals surface area contributed by atoms with Gasteiger partial charge in [-0.05, 0) is 18.1 Å². The molecule has 2 aromatic carbocycles. The van der Waals surface area contributed by atoms with Crippen molar-refractivity contribution in [2.75, 3.05) is 13.6 Å². The summed E-state index contributed by atoms with van der Waals surface area (Å²) in [5, 5.41) is 14.5. The number of aromatic hydroxyl groups is 1. The van der Waals surface area contributed by atoms with Gasteiger partial charge >= 0.3 is 0 Å². The molecule has 1 aliphatic heterocycles. The first-order valence-corrected chi connectivity index (χ1v) is 9.15. The molecule has 142 valence electrons. The molecule has 0 radical (unpaired) electrons. The highest BCUT2D eigenvalue weighted by atomic mass is 16.3. The number of benzene rings is 2. The van der Waals surface area contributed by atoms with E-state index in [1.54, 1.807) is 7.05 Å². The first-order valence-electron chi connectivity index (χ1n) is 9.15. The minimum atomic E-state index is -0.653. The third kappa shape index (κ3) is 2.97. The number of carbonyl (C=O) groups is 1. The Morgan fingerprint density at radius 1 is 1.04 bits per heavy atom. The van der Waals surface area contributed by atoms with E-state index >= 15 is 0 Å². The van der Waals surface area contributed by atoms with Crippen molar-refractivity contribution in [3.05, 3.63) is 93.4 Å². The van der Waals surface area contributed by atoms with Gasteiger partial charge in [-0.2, -0.15) is 5.10 Å². The van der Waals surface area contributed by atoms with Gasteiger partial charge in [0.1, 0.15) is 0 Å². The second-order valence-electron chi connectivity index (χ2n) is 7.20. The summed E-state index contributed by atoms with van der Waals surface area (Å²) in [7, 11) is 1.67. The van der Waals surface area contributed by atoms with Crippen LogP contribution in [0.5, 0.6) is 5.75 Å². The second-order valence-corrected chi connectivity index (χ2v) is 7.20. The van der Waals surface area contributed by atoms with Crippen LogP contribution < -0.4 is 5.43 Å². The highest BCUT2D eigenvalue weighted by Gasteiger charge is 2.38. The van der Waals surface area contributed by atoms with Crippen molar-refractivity contribution in [2.45, 2.75) is 18.9 Å². The lowest BCUT2D eigenvalue weighted by atomic mass is 9.83. The van der Waals surface area contributed by atoms with Crippen molar-refractivity contribution in [3.8, 4) is 5.75 Å². The minimum Gasteiger partial charge on any atom is -0.502 e. The van der Waals surface area contributed by atoms with E-state index in [4.69, 9.17) is 0 Å². The lowest BCUT2D eigenvalue weighted by molar-refractivity contribution is 0.0686. The summed E-state index contributed by atoms with van der Waals surface area (Å²) in [5.74, 6) is -1.06. The average molecular weight is 375 g/mol. The maximum absolute atomic E-state index is 12.6. The van der Waals surface area contributed by atoms with Crippen molar-refractivity contribution < 1.29 is 9.90 Å². The number of likely N-dealkylation sites (N-methyl/N-ethyl adjacent to an activating group) is 1. The zero-order valence-corrected chi connectivity index (χ0v) is 15.7. The summed E-state index contributed by atoms with van der Waals surface area (Å²) in [5.41, 5.74) is 2.60. The molecular weight excluding hydrogens is 354 g/mol. The summed E-state index contributed by atoms with van der Waals surface area (Å²) >= 11 is 0. The summed E-state index contributed by atoms with van der Waals surface area (Å²) < 4.78 is 1.51. The van der Waals surface area contributed by atoms with Crippen molar-refractivity contribution in [1.29, 1.82) is 0 Å². The average Bonchev–Trinajstić information content (AvgIpc) is 2.70. The van der Waals surface area contributed by atoms with Crippen LogP contribution in [0.1, 0.15) is 39.1 Å². The molecule has 2 heterocycles. The molecule has 28 heavy (non-hydrogen) atoms. The predicted molar refractivity (Wildman–Crippen MR) is 106 cm³/mol. The Morgan fingerprint density at radius 3 is 2.36 bits per heavy atom. The fraction of sp³-hybridized carbons (Fsp3) is 0.227. The molecule has 2 unspecified atom stereocenters. The monoisotopic (exact) mass is 375 g/mol. The number of hydrogen-bond donors (Lipinski definition) is 1.